The van der Waals surface area contributed by atoms with Crippen LogP contribution in [0.5, 0.6) is 0 Å². The van der Waals surface area contributed by atoms with Crippen molar-refractivity contribution in [2.75, 3.05) is 13.2 Å². The zero-order valence-electron chi connectivity index (χ0n) is 53.8. The molecule has 6 nitrogen and oxygen atoms in total. The normalized spacial score (nSPS) is 12.6. The van der Waals surface area contributed by atoms with E-state index in [9.17, 15) is 14.4 Å². The number of hydrogen-bond donors (Lipinski definition) is 0. The van der Waals surface area contributed by atoms with Gasteiger partial charge in [0.15, 0.2) is 6.10 Å². The van der Waals surface area contributed by atoms with Gasteiger partial charge in [0.2, 0.25) is 0 Å². The highest BCUT2D eigenvalue weighted by molar-refractivity contribution is 5.71. The summed E-state index contributed by atoms with van der Waals surface area (Å²) in [5.41, 5.74) is 0. The molecule has 0 aromatic carbocycles. The van der Waals surface area contributed by atoms with Crippen molar-refractivity contribution in [3.05, 3.63) is 85.1 Å². The lowest BCUT2D eigenvalue weighted by Gasteiger charge is -2.18. The molecule has 1 unspecified atom stereocenters. The number of rotatable bonds is 64. The molecule has 468 valence electrons. The van der Waals surface area contributed by atoms with E-state index in [2.05, 4.69) is 106 Å². The lowest BCUT2D eigenvalue weighted by atomic mass is 10.0. The van der Waals surface area contributed by atoms with Gasteiger partial charge in [0.1, 0.15) is 13.2 Å². The van der Waals surface area contributed by atoms with E-state index in [1.165, 1.54) is 205 Å². The van der Waals surface area contributed by atoms with Crippen LogP contribution in [0.2, 0.25) is 0 Å². The predicted molar refractivity (Wildman–Crippen MR) is 353 cm³/mol. The van der Waals surface area contributed by atoms with Crippen molar-refractivity contribution < 1.29 is 28.6 Å². The van der Waals surface area contributed by atoms with Crippen LogP contribution < -0.4 is 0 Å². The molecule has 81 heavy (non-hydrogen) atoms. The number of unbranched alkanes of at least 4 members (excludes halogenated alkanes) is 39. The molecule has 0 N–H and O–H groups in total. The van der Waals surface area contributed by atoms with Crippen LogP contribution in [0, 0.1) is 0 Å². The minimum absolute atomic E-state index is 0.0754. The first-order valence-electron chi connectivity index (χ1n) is 35.1. The molecule has 0 saturated carbocycles. The molecule has 0 bridgehead atoms. The monoisotopic (exact) mass is 1130 g/mol. The highest BCUT2D eigenvalue weighted by Crippen LogP contribution is 2.18. The maximum atomic E-state index is 12.9. The second-order valence-corrected chi connectivity index (χ2v) is 23.4. The van der Waals surface area contributed by atoms with Gasteiger partial charge in [-0.15, -0.1) is 0 Å². The molecule has 0 spiro atoms. The largest absolute Gasteiger partial charge is 0.462 e. The fraction of sp³-hybridized carbons (Fsp3) is 0.773. The first-order chi connectivity index (χ1) is 40.0. The molecular weight excluding hydrogens is 997 g/mol. The molecule has 0 aliphatic rings. The van der Waals surface area contributed by atoms with Crippen LogP contribution in [-0.4, -0.2) is 37.2 Å². The van der Waals surface area contributed by atoms with Crippen LogP contribution in [0.3, 0.4) is 0 Å². The molecule has 0 radical (unpaired) electrons. The lowest BCUT2D eigenvalue weighted by molar-refractivity contribution is -0.167. The number of hydrogen-bond acceptors (Lipinski definition) is 6. The molecule has 1 atom stereocenters. The Morgan fingerprint density at radius 3 is 0.753 bits per heavy atom. The summed E-state index contributed by atoms with van der Waals surface area (Å²) in [4.78, 5) is 38.3. The van der Waals surface area contributed by atoms with E-state index in [0.29, 0.717) is 19.3 Å². The van der Waals surface area contributed by atoms with E-state index in [-0.39, 0.29) is 31.1 Å². The summed E-state index contributed by atoms with van der Waals surface area (Å²) in [5, 5.41) is 0. The molecule has 0 aromatic rings. The SMILES string of the molecule is CC/C=C\C/C=C\C/C=C\C/C=C\C/C=C\C/C=C\C/C=C\CCCCCCCCCC(=O)OCC(COC(=O)CCCCCCCCCCC)OC(=O)CCCCCCCCCCCCCCCCCCCCCCCCCCC. The Labute approximate surface area is 503 Å². The first-order valence-corrected chi connectivity index (χ1v) is 35.1. The second-order valence-electron chi connectivity index (χ2n) is 23.4. The quantitative estimate of drug-likeness (QED) is 0.0261. The van der Waals surface area contributed by atoms with Gasteiger partial charge >= 0.3 is 17.9 Å². The summed E-state index contributed by atoms with van der Waals surface area (Å²) in [7, 11) is 0. The smallest absolute Gasteiger partial charge is 0.306 e. The fourth-order valence-corrected chi connectivity index (χ4v) is 10.2. The summed E-state index contributed by atoms with van der Waals surface area (Å²) in [5.74, 6) is -0.871. The van der Waals surface area contributed by atoms with Gasteiger partial charge in [-0.1, -0.05) is 343 Å². The minimum atomic E-state index is -0.778. The van der Waals surface area contributed by atoms with E-state index >= 15 is 0 Å². The Morgan fingerprint density at radius 1 is 0.259 bits per heavy atom. The van der Waals surface area contributed by atoms with Gasteiger partial charge in [0, 0.05) is 19.3 Å². The van der Waals surface area contributed by atoms with Crippen molar-refractivity contribution >= 4 is 17.9 Å². The van der Waals surface area contributed by atoms with Gasteiger partial charge in [-0.25, -0.2) is 0 Å². The van der Waals surface area contributed by atoms with Gasteiger partial charge in [0.05, 0.1) is 0 Å². The van der Waals surface area contributed by atoms with E-state index in [1.807, 2.05) is 0 Å². The van der Waals surface area contributed by atoms with Gasteiger partial charge in [-0.2, -0.15) is 0 Å². The third-order valence-corrected chi connectivity index (χ3v) is 15.4. The number of esters is 3. The maximum absolute atomic E-state index is 12.9. The van der Waals surface area contributed by atoms with Crippen LogP contribution in [0.4, 0.5) is 0 Å². The standard InChI is InChI=1S/C75H132O6/c1-4-7-10-13-16-19-21-23-25-27-29-31-33-35-36-37-38-40-41-43-45-47-49-51-53-56-59-62-65-68-74(77)80-71-72(70-79-73(76)67-64-61-58-55-18-15-12-9-6-3)81-75(78)69-66-63-60-57-54-52-50-48-46-44-42-39-34-32-30-28-26-24-22-20-17-14-11-8-5-2/h7,10,16,19,23,25,29,31,35-36,38,40,43,45,72H,4-6,8-9,11-15,17-18,20-22,24,26-28,30,32-34,37,39,41-42,44,46-71H2,1-3H3/b10-7-,19-16-,25-23-,31-29-,36-35-,40-38-,45-43-. The Bertz CT molecular complexity index is 1530. The van der Waals surface area contributed by atoms with Crippen molar-refractivity contribution in [2.45, 2.75) is 361 Å². The highest BCUT2D eigenvalue weighted by atomic mass is 16.6. The predicted octanol–water partition coefficient (Wildman–Crippen LogP) is 24.2. The molecule has 0 saturated heterocycles. The first kappa shape index (κ1) is 77.6. The third-order valence-electron chi connectivity index (χ3n) is 15.4. The molecule has 0 heterocycles. The van der Waals surface area contributed by atoms with E-state index in [4.69, 9.17) is 14.2 Å². The number of carbonyl (C=O) groups excluding carboxylic acids is 3. The topological polar surface area (TPSA) is 78.9 Å². The van der Waals surface area contributed by atoms with Crippen molar-refractivity contribution in [1.82, 2.24) is 0 Å². The fourth-order valence-electron chi connectivity index (χ4n) is 10.2. The van der Waals surface area contributed by atoms with Gasteiger partial charge in [0.25, 0.3) is 0 Å². The number of allylic oxidation sites excluding steroid dienone is 14. The maximum Gasteiger partial charge on any atom is 0.306 e. The Morgan fingerprint density at radius 2 is 0.481 bits per heavy atom. The summed E-state index contributed by atoms with van der Waals surface area (Å²) in [6.07, 6.45) is 91.9. The van der Waals surface area contributed by atoms with Crippen LogP contribution in [0.25, 0.3) is 0 Å². The Kier molecular flexibility index (Phi) is 66.2. The zero-order valence-corrected chi connectivity index (χ0v) is 53.8. The van der Waals surface area contributed by atoms with E-state index in [0.717, 1.165) is 109 Å². The van der Waals surface area contributed by atoms with Crippen molar-refractivity contribution in [1.29, 1.82) is 0 Å². The summed E-state index contributed by atoms with van der Waals surface area (Å²) in [6, 6.07) is 0. The Hall–Kier alpha value is -3.41. The van der Waals surface area contributed by atoms with Crippen LogP contribution >= 0.6 is 0 Å². The molecule has 0 aromatic heterocycles. The van der Waals surface area contributed by atoms with Crippen molar-refractivity contribution in [2.24, 2.45) is 0 Å². The van der Waals surface area contributed by atoms with Crippen LogP contribution in [0.15, 0.2) is 85.1 Å². The van der Waals surface area contributed by atoms with Gasteiger partial charge in [-0.05, 0) is 77.0 Å². The molecule has 0 fully saturated rings. The van der Waals surface area contributed by atoms with E-state index < -0.39 is 6.10 Å². The van der Waals surface area contributed by atoms with Crippen LogP contribution in [-0.2, 0) is 28.6 Å². The summed E-state index contributed by atoms with van der Waals surface area (Å²) in [6.45, 7) is 6.55. The molecule has 0 amide bonds. The average molecular weight is 1130 g/mol. The average Bonchev–Trinajstić information content (AvgIpc) is 3.47. The Balaban J connectivity index is 4.18. The molecule has 0 aliphatic carbocycles. The molecule has 0 aliphatic heterocycles. The third kappa shape index (κ3) is 67.3. The summed E-state index contributed by atoms with van der Waals surface area (Å²) < 4.78 is 16.9. The molecular formula is C75H132O6. The number of ether oxygens (including phenoxy) is 3. The van der Waals surface area contributed by atoms with Crippen molar-refractivity contribution in [3.8, 4) is 0 Å². The summed E-state index contributed by atoms with van der Waals surface area (Å²) >= 11 is 0. The second kappa shape index (κ2) is 69.1. The zero-order chi connectivity index (χ0) is 58.5. The molecule has 6 heteroatoms. The highest BCUT2D eigenvalue weighted by Gasteiger charge is 2.19. The number of carbonyl (C=O) groups is 3. The van der Waals surface area contributed by atoms with Crippen LogP contribution in [0.1, 0.15) is 355 Å². The van der Waals surface area contributed by atoms with E-state index in [1.54, 1.807) is 0 Å². The lowest BCUT2D eigenvalue weighted by Crippen LogP contribution is -2.30. The van der Waals surface area contributed by atoms with Crippen molar-refractivity contribution in [3.63, 3.8) is 0 Å². The van der Waals surface area contributed by atoms with Gasteiger partial charge < -0.3 is 14.2 Å². The minimum Gasteiger partial charge on any atom is -0.462 e. The van der Waals surface area contributed by atoms with Gasteiger partial charge in [-0.3, -0.25) is 14.4 Å². The molecule has 0 rings (SSSR count).